The van der Waals surface area contributed by atoms with Crippen LogP contribution in [0.1, 0.15) is 42.5 Å². The minimum atomic E-state index is -0.756. The Morgan fingerprint density at radius 2 is 1.89 bits per heavy atom. The van der Waals surface area contributed by atoms with Gasteiger partial charge in [-0.2, -0.15) is 0 Å². The van der Waals surface area contributed by atoms with Crippen molar-refractivity contribution in [3.8, 4) is 5.75 Å². The van der Waals surface area contributed by atoms with Crippen molar-refractivity contribution in [2.45, 2.75) is 53.6 Å². The van der Waals surface area contributed by atoms with Crippen LogP contribution in [0.3, 0.4) is 0 Å². The summed E-state index contributed by atoms with van der Waals surface area (Å²) < 4.78 is 5.77. The van der Waals surface area contributed by atoms with Crippen LogP contribution in [0.5, 0.6) is 5.75 Å². The smallest absolute Gasteiger partial charge is 0.303 e. The molecule has 0 bridgehead atoms. The van der Waals surface area contributed by atoms with Gasteiger partial charge in [0, 0.05) is 6.42 Å². The molecule has 0 heterocycles. The molecule has 1 aromatic rings. The lowest BCUT2D eigenvalue weighted by atomic mass is 9.94. The van der Waals surface area contributed by atoms with Gasteiger partial charge in [-0.3, -0.25) is 4.79 Å². The molecule has 0 spiro atoms. The van der Waals surface area contributed by atoms with E-state index in [9.17, 15) is 4.79 Å². The number of rotatable bonds is 5. The molecule has 1 aromatic carbocycles. The number of hydrogen-bond donors (Lipinski definition) is 1. The van der Waals surface area contributed by atoms with Gasteiger partial charge in [-0.05, 0) is 69.4 Å². The molecule has 0 saturated carbocycles. The predicted octanol–water partition coefficient (Wildman–Crippen LogP) is 3.42. The van der Waals surface area contributed by atoms with Crippen molar-refractivity contribution < 1.29 is 14.6 Å². The van der Waals surface area contributed by atoms with E-state index in [2.05, 4.69) is 0 Å². The van der Waals surface area contributed by atoms with Crippen LogP contribution in [0.2, 0.25) is 0 Å². The average molecular weight is 250 g/mol. The number of ether oxygens (including phenoxy) is 1. The molecule has 0 unspecified atom stereocenters. The molecular weight excluding hydrogens is 228 g/mol. The van der Waals surface area contributed by atoms with Crippen molar-refractivity contribution in [3.05, 3.63) is 28.3 Å². The highest BCUT2D eigenvalue weighted by molar-refractivity contribution is 5.67. The van der Waals surface area contributed by atoms with Gasteiger partial charge >= 0.3 is 5.97 Å². The lowest BCUT2D eigenvalue weighted by Crippen LogP contribution is -2.09. The van der Waals surface area contributed by atoms with Gasteiger partial charge in [0.05, 0.1) is 6.10 Å². The number of carboxylic acid groups (broad SMARTS) is 1. The Morgan fingerprint density at radius 3 is 2.39 bits per heavy atom. The Hall–Kier alpha value is -1.51. The monoisotopic (exact) mass is 250 g/mol. The summed E-state index contributed by atoms with van der Waals surface area (Å²) in [4.78, 5) is 10.7. The van der Waals surface area contributed by atoms with Gasteiger partial charge in [0.2, 0.25) is 0 Å². The molecule has 3 nitrogen and oxygen atoms in total. The molecular formula is C15H22O3. The molecule has 1 rings (SSSR count). The summed E-state index contributed by atoms with van der Waals surface area (Å²) in [6, 6.07) is 2.01. The molecule has 1 N–H and O–H groups in total. The fourth-order valence-corrected chi connectivity index (χ4v) is 2.09. The highest BCUT2D eigenvalue weighted by Gasteiger charge is 2.13. The van der Waals surface area contributed by atoms with Crippen LogP contribution >= 0.6 is 0 Å². The zero-order valence-electron chi connectivity index (χ0n) is 11.8. The summed E-state index contributed by atoms with van der Waals surface area (Å²) in [5.74, 6) is 0.146. The van der Waals surface area contributed by atoms with Crippen LogP contribution in [-0.4, -0.2) is 17.2 Å². The zero-order valence-corrected chi connectivity index (χ0v) is 11.8. The Labute approximate surface area is 109 Å². The van der Waals surface area contributed by atoms with Gasteiger partial charge in [-0.1, -0.05) is 0 Å². The van der Waals surface area contributed by atoms with E-state index in [0.717, 1.165) is 28.0 Å². The van der Waals surface area contributed by atoms with Crippen molar-refractivity contribution in [2.75, 3.05) is 0 Å². The Balaban J connectivity index is 3.08. The summed E-state index contributed by atoms with van der Waals surface area (Å²) in [5, 5.41) is 8.77. The van der Waals surface area contributed by atoms with Crippen LogP contribution in [0.25, 0.3) is 0 Å². The molecule has 18 heavy (non-hydrogen) atoms. The SMILES string of the molecule is Cc1cc(OC(C)C)c(C)c(C)c1CCC(=O)O. The predicted molar refractivity (Wildman–Crippen MR) is 72.4 cm³/mol. The van der Waals surface area contributed by atoms with Gasteiger partial charge in [-0.15, -0.1) is 0 Å². The molecule has 100 valence electrons. The third kappa shape index (κ3) is 3.49. The molecule has 0 atom stereocenters. The highest BCUT2D eigenvalue weighted by atomic mass is 16.5. The molecule has 0 aliphatic carbocycles. The number of benzene rings is 1. The van der Waals surface area contributed by atoms with Crippen LogP contribution in [0, 0.1) is 20.8 Å². The summed E-state index contributed by atoms with van der Waals surface area (Å²) in [5.41, 5.74) is 4.49. The van der Waals surface area contributed by atoms with Gasteiger partial charge in [0.1, 0.15) is 5.75 Å². The van der Waals surface area contributed by atoms with E-state index >= 15 is 0 Å². The molecule has 0 aliphatic heterocycles. The quantitative estimate of drug-likeness (QED) is 0.871. The largest absolute Gasteiger partial charge is 0.491 e. The molecule has 0 radical (unpaired) electrons. The fraction of sp³-hybridized carbons (Fsp3) is 0.533. The third-order valence-electron chi connectivity index (χ3n) is 3.16. The van der Waals surface area contributed by atoms with Crippen molar-refractivity contribution in [2.24, 2.45) is 0 Å². The fourth-order valence-electron chi connectivity index (χ4n) is 2.09. The normalized spacial score (nSPS) is 10.8. The van der Waals surface area contributed by atoms with Crippen molar-refractivity contribution >= 4 is 5.97 Å². The summed E-state index contributed by atoms with van der Waals surface area (Å²) >= 11 is 0. The summed E-state index contributed by atoms with van der Waals surface area (Å²) in [7, 11) is 0. The minimum absolute atomic E-state index is 0.146. The topological polar surface area (TPSA) is 46.5 Å². The third-order valence-corrected chi connectivity index (χ3v) is 3.16. The number of carboxylic acids is 1. The second-order valence-electron chi connectivity index (χ2n) is 4.98. The van der Waals surface area contributed by atoms with Gasteiger partial charge in [-0.25, -0.2) is 0 Å². The second kappa shape index (κ2) is 5.89. The lowest BCUT2D eigenvalue weighted by molar-refractivity contribution is -0.136. The first-order chi connectivity index (χ1) is 8.32. The highest BCUT2D eigenvalue weighted by Crippen LogP contribution is 2.29. The second-order valence-corrected chi connectivity index (χ2v) is 4.98. The molecule has 0 aliphatic rings. The Morgan fingerprint density at radius 1 is 1.28 bits per heavy atom. The standard InChI is InChI=1S/C15H22O3/c1-9(2)18-14-8-10(3)13(6-7-15(16)17)11(4)12(14)5/h8-9H,6-7H2,1-5H3,(H,16,17). The number of aryl methyl sites for hydroxylation is 1. The number of aliphatic carboxylic acids is 1. The van der Waals surface area contributed by atoms with Gasteiger partial charge in [0.15, 0.2) is 0 Å². The van der Waals surface area contributed by atoms with Crippen LogP contribution in [-0.2, 0) is 11.2 Å². The molecule has 0 saturated heterocycles. The van der Waals surface area contributed by atoms with Gasteiger partial charge in [0.25, 0.3) is 0 Å². The lowest BCUT2D eigenvalue weighted by Gasteiger charge is -2.18. The van der Waals surface area contributed by atoms with E-state index in [1.807, 2.05) is 40.7 Å². The first kappa shape index (κ1) is 14.6. The first-order valence-corrected chi connectivity index (χ1v) is 6.31. The summed E-state index contributed by atoms with van der Waals surface area (Å²) in [6.07, 6.45) is 0.897. The molecule has 0 aromatic heterocycles. The first-order valence-electron chi connectivity index (χ1n) is 6.31. The van der Waals surface area contributed by atoms with E-state index < -0.39 is 5.97 Å². The van der Waals surface area contributed by atoms with Crippen molar-refractivity contribution in [1.29, 1.82) is 0 Å². The van der Waals surface area contributed by atoms with Crippen LogP contribution < -0.4 is 4.74 Å². The molecule has 0 amide bonds. The molecule has 3 heteroatoms. The van der Waals surface area contributed by atoms with E-state index in [0.29, 0.717) is 6.42 Å². The minimum Gasteiger partial charge on any atom is -0.491 e. The summed E-state index contributed by atoms with van der Waals surface area (Å²) in [6.45, 7) is 10.1. The van der Waals surface area contributed by atoms with E-state index in [1.54, 1.807) is 0 Å². The van der Waals surface area contributed by atoms with Crippen molar-refractivity contribution in [3.63, 3.8) is 0 Å². The van der Waals surface area contributed by atoms with Gasteiger partial charge < -0.3 is 9.84 Å². The van der Waals surface area contributed by atoms with Crippen LogP contribution in [0.4, 0.5) is 0 Å². The number of hydrogen-bond acceptors (Lipinski definition) is 2. The molecule has 0 fully saturated rings. The Kier molecular flexibility index (Phi) is 4.76. The van der Waals surface area contributed by atoms with E-state index in [1.165, 1.54) is 0 Å². The average Bonchev–Trinajstić information content (AvgIpc) is 2.24. The maximum Gasteiger partial charge on any atom is 0.303 e. The maximum atomic E-state index is 10.7. The van der Waals surface area contributed by atoms with Crippen molar-refractivity contribution in [1.82, 2.24) is 0 Å². The Bertz CT molecular complexity index is 448. The zero-order chi connectivity index (χ0) is 13.9. The number of carbonyl (C=O) groups is 1. The van der Waals surface area contributed by atoms with E-state index in [-0.39, 0.29) is 12.5 Å². The van der Waals surface area contributed by atoms with Crippen LogP contribution in [0.15, 0.2) is 6.07 Å². The maximum absolute atomic E-state index is 10.7. The van der Waals surface area contributed by atoms with E-state index in [4.69, 9.17) is 9.84 Å².